The van der Waals surface area contributed by atoms with Crippen LogP contribution in [0.3, 0.4) is 0 Å². The topological polar surface area (TPSA) is 47.6 Å². The van der Waals surface area contributed by atoms with E-state index < -0.39 is 0 Å². The van der Waals surface area contributed by atoms with Gasteiger partial charge in [0.1, 0.15) is 11.5 Å². The molecule has 1 amide bonds. The molecule has 140 valence electrons. The number of carbonyl (C=O) groups excluding carboxylic acids is 1. The van der Waals surface area contributed by atoms with Crippen LogP contribution in [0.25, 0.3) is 0 Å². The summed E-state index contributed by atoms with van der Waals surface area (Å²) in [5.74, 6) is 1.99. The van der Waals surface area contributed by atoms with Gasteiger partial charge in [0.2, 0.25) is 0 Å². The number of amides is 1. The van der Waals surface area contributed by atoms with Gasteiger partial charge in [0, 0.05) is 5.56 Å². The van der Waals surface area contributed by atoms with Gasteiger partial charge in [-0.05, 0) is 60.7 Å². The SMILES string of the molecule is CCCOc1ccc(C(=O)N[C@H](CC(C)C)c2ccc(OC)cc2)cc1. The highest BCUT2D eigenvalue weighted by Gasteiger charge is 2.17. The standard InChI is InChI=1S/C22H29NO3/c1-5-14-26-20-12-8-18(9-13-20)22(24)23-21(15-16(2)3)17-6-10-19(25-4)11-7-17/h6-13,16,21H,5,14-15H2,1-4H3,(H,23,24)/t21-/m1/s1. The molecular weight excluding hydrogens is 326 g/mol. The van der Waals surface area contributed by atoms with Crippen LogP contribution in [0.2, 0.25) is 0 Å². The number of nitrogens with one attached hydrogen (secondary N) is 1. The van der Waals surface area contributed by atoms with E-state index >= 15 is 0 Å². The van der Waals surface area contributed by atoms with Crippen LogP contribution in [-0.4, -0.2) is 19.6 Å². The Bertz CT molecular complexity index is 678. The monoisotopic (exact) mass is 355 g/mol. The number of rotatable bonds is 9. The van der Waals surface area contributed by atoms with E-state index in [1.807, 2.05) is 36.4 Å². The zero-order chi connectivity index (χ0) is 18.9. The Labute approximate surface area is 156 Å². The number of carbonyl (C=O) groups is 1. The van der Waals surface area contributed by atoms with E-state index in [-0.39, 0.29) is 11.9 Å². The van der Waals surface area contributed by atoms with Crippen molar-refractivity contribution in [1.82, 2.24) is 5.32 Å². The van der Waals surface area contributed by atoms with Crippen LogP contribution in [-0.2, 0) is 0 Å². The fourth-order valence-corrected chi connectivity index (χ4v) is 2.75. The molecule has 0 aliphatic carbocycles. The van der Waals surface area contributed by atoms with Gasteiger partial charge in [-0.15, -0.1) is 0 Å². The van der Waals surface area contributed by atoms with Crippen molar-refractivity contribution in [1.29, 1.82) is 0 Å². The molecule has 0 bridgehead atoms. The van der Waals surface area contributed by atoms with Crippen LogP contribution >= 0.6 is 0 Å². The van der Waals surface area contributed by atoms with Crippen molar-refractivity contribution >= 4 is 5.91 Å². The van der Waals surface area contributed by atoms with E-state index in [1.54, 1.807) is 19.2 Å². The largest absolute Gasteiger partial charge is 0.497 e. The van der Waals surface area contributed by atoms with Crippen molar-refractivity contribution in [2.45, 2.75) is 39.7 Å². The average Bonchev–Trinajstić information content (AvgIpc) is 2.66. The lowest BCUT2D eigenvalue weighted by Crippen LogP contribution is -2.29. The summed E-state index contributed by atoms with van der Waals surface area (Å²) >= 11 is 0. The molecule has 0 saturated carbocycles. The second-order valence-corrected chi connectivity index (χ2v) is 6.80. The van der Waals surface area contributed by atoms with Gasteiger partial charge in [-0.25, -0.2) is 0 Å². The Hall–Kier alpha value is -2.49. The van der Waals surface area contributed by atoms with E-state index in [9.17, 15) is 4.79 Å². The first-order valence-corrected chi connectivity index (χ1v) is 9.21. The fraction of sp³-hybridized carbons (Fsp3) is 0.409. The molecule has 0 fully saturated rings. The molecule has 0 aliphatic heterocycles. The van der Waals surface area contributed by atoms with Crippen molar-refractivity contribution in [3.05, 3.63) is 59.7 Å². The number of hydrogen-bond acceptors (Lipinski definition) is 3. The summed E-state index contributed by atoms with van der Waals surface area (Å²) in [5.41, 5.74) is 1.71. The lowest BCUT2D eigenvalue weighted by atomic mass is 9.96. The number of hydrogen-bond donors (Lipinski definition) is 1. The zero-order valence-electron chi connectivity index (χ0n) is 16.1. The summed E-state index contributed by atoms with van der Waals surface area (Å²) in [5, 5.41) is 3.16. The second kappa shape index (κ2) is 9.85. The maximum Gasteiger partial charge on any atom is 0.251 e. The van der Waals surface area contributed by atoms with Crippen molar-refractivity contribution in [3.8, 4) is 11.5 Å². The molecule has 2 aromatic carbocycles. The van der Waals surface area contributed by atoms with Crippen molar-refractivity contribution < 1.29 is 14.3 Å². The maximum atomic E-state index is 12.7. The second-order valence-electron chi connectivity index (χ2n) is 6.80. The van der Waals surface area contributed by atoms with Crippen LogP contribution in [0.4, 0.5) is 0 Å². The van der Waals surface area contributed by atoms with Crippen molar-refractivity contribution in [2.75, 3.05) is 13.7 Å². The highest BCUT2D eigenvalue weighted by molar-refractivity contribution is 5.94. The number of methoxy groups -OCH3 is 1. The zero-order valence-corrected chi connectivity index (χ0v) is 16.1. The van der Waals surface area contributed by atoms with Crippen LogP contribution in [0.5, 0.6) is 11.5 Å². The Morgan fingerprint density at radius 3 is 2.15 bits per heavy atom. The van der Waals surface area contributed by atoms with Gasteiger partial charge in [-0.1, -0.05) is 32.9 Å². The molecule has 4 nitrogen and oxygen atoms in total. The maximum absolute atomic E-state index is 12.7. The predicted octanol–water partition coefficient (Wildman–Crippen LogP) is 5.00. The molecule has 4 heteroatoms. The van der Waals surface area contributed by atoms with Crippen LogP contribution in [0, 0.1) is 5.92 Å². The third kappa shape index (κ3) is 5.80. The molecule has 26 heavy (non-hydrogen) atoms. The van der Waals surface area contributed by atoms with Crippen molar-refractivity contribution in [2.24, 2.45) is 5.92 Å². The summed E-state index contributed by atoms with van der Waals surface area (Å²) in [4.78, 5) is 12.7. The summed E-state index contributed by atoms with van der Waals surface area (Å²) in [6.45, 7) is 7.06. The number of ether oxygens (including phenoxy) is 2. The summed E-state index contributed by atoms with van der Waals surface area (Å²) in [6, 6.07) is 15.1. The third-order valence-corrected chi connectivity index (χ3v) is 4.12. The first kappa shape index (κ1) is 19.8. The van der Waals surface area contributed by atoms with E-state index in [0.717, 1.165) is 29.9 Å². The number of benzene rings is 2. The molecule has 1 atom stereocenters. The summed E-state index contributed by atoms with van der Waals surface area (Å²) in [7, 11) is 1.65. The Balaban J connectivity index is 2.09. The molecule has 0 unspecified atom stereocenters. The summed E-state index contributed by atoms with van der Waals surface area (Å²) in [6.07, 6.45) is 1.83. The van der Waals surface area contributed by atoms with Crippen molar-refractivity contribution in [3.63, 3.8) is 0 Å². The lowest BCUT2D eigenvalue weighted by molar-refractivity contribution is 0.0932. The lowest BCUT2D eigenvalue weighted by Gasteiger charge is -2.21. The first-order valence-electron chi connectivity index (χ1n) is 9.21. The van der Waals surface area contributed by atoms with E-state index in [0.29, 0.717) is 18.1 Å². The first-order chi connectivity index (χ1) is 12.5. The Morgan fingerprint density at radius 1 is 1.00 bits per heavy atom. The molecular formula is C22H29NO3. The van der Waals surface area contributed by atoms with Gasteiger partial charge < -0.3 is 14.8 Å². The Kier molecular flexibility index (Phi) is 7.52. The minimum atomic E-state index is -0.0755. The highest BCUT2D eigenvalue weighted by atomic mass is 16.5. The van der Waals surface area contributed by atoms with E-state index in [2.05, 4.69) is 26.1 Å². The van der Waals surface area contributed by atoms with Crippen LogP contribution in [0.15, 0.2) is 48.5 Å². The smallest absolute Gasteiger partial charge is 0.251 e. The molecule has 0 spiro atoms. The highest BCUT2D eigenvalue weighted by Crippen LogP contribution is 2.24. The van der Waals surface area contributed by atoms with Gasteiger partial charge in [0.15, 0.2) is 0 Å². The quantitative estimate of drug-likeness (QED) is 0.688. The van der Waals surface area contributed by atoms with Gasteiger partial charge in [-0.2, -0.15) is 0 Å². The predicted molar refractivity (Wildman–Crippen MR) is 105 cm³/mol. The van der Waals surface area contributed by atoms with Crippen LogP contribution < -0.4 is 14.8 Å². The fourth-order valence-electron chi connectivity index (χ4n) is 2.75. The van der Waals surface area contributed by atoms with Gasteiger partial charge >= 0.3 is 0 Å². The third-order valence-electron chi connectivity index (χ3n) is 4.12. The van der Waals surface area contributed by atoms with Crippen LogP contribution in [0.1, 0.15) is 55.6 Å². The minimum Gasteiger partial charge on any atom is -0.497 e. The van der Waals surface area contributed by atoms with E-state index in [1.165, 1.54) is 0 Å². The normalized spacial score (nSPS) is 11.9. The van der Waals surface area contributed by atoms with Gasteiger partial charge in [0.05, 0.1) is 19.8 Å². The summed E-state index contributed by atoms with van der Waals surface area (Å²) < 4.78 is 10.8. The Morgan fingerprint density at radius 2 is 1.62 bits per heavy atom. The molecule has 2 aromatic rings. The average molecular weight is 355 g/mol. The van der Waals surface area contributed by atoms with Gasteiger partial charge in [-0.3, -0.25) is 4.79 Å². The molecule has 0 aliphatic rings. The molecule has 0 heterocycles. The molecule has 0 radical (unpaired) electrons. The van der Waals surface area contributed by atoms with E-state index in [4.69, 9.17) is 9.47 Å². The molecule has 0 saturated heterocycles. The molecule has 0 aromatic heterocycles. The minimum absolute atomic E-state index is 0.0376. The molecule has 2 rings (SSSR count). The molecule has 1 N–H and O–H groups in total. The van der Waals surface area contributed by atoms with Gasteiger partial charge in [0.25, 0.3) is 5.91 Å².